The van der Waals surface area contributed by atoms with E-state index in [2.05, 4.69) is 30.4 Å². The molecule has 0 amide bonds. The summed E-state index contributed by atoms with van der Waals surface area (Å²) in [6, 6.07) is 8.04. The van der Waals surface area contributed by atoms with Crippen LogP contribution in [0, 0.1) is 0 Å². The van der Waals surface area contributed by atoms with Crippen molar-refractivity contribution in [3.63, 3.8) is 0 Å². The average molecular weight is 288 g/mol. The van der Waals surface area contributed by atoms with Gasteiger partial charge in [0.1, 0.15) is 23.7 Å². The van der Waals surface area contributed by atoms with Gasteiger partial charge in [0.15, 0.2) is 5.76 Å². The van der Waals surface area contributed by atoms with E-state index in [4.69, 9.17) is 14.0 Å². The van der Waals surface area contributed by atoms with E-state index in [1.54, 1.807) is 12.3 Å². The Balaban J connectivity index is 1.80. The molecule has 5 nitrogen and oxygen atoms in total. The number of ether oxygens (including phenoxy) is 2. The monoisotopic (exact) mass is 288 g/mol. The van der Waals surface area contributed by atoms with E-state index in [9.17, 15) is 0 Å². The van der Waals surface area contributed by atoms with Gasteiger partial charge < -0.3 is 19.3 Å². The van der Waals surface area contributed by atoms with Crippen molar-refractivity contribution in [2.45, 2.75) is 38.5 Å². The minimum atomic E-state index is -0.190. The molecule has 2 heterocycles. The lowest BCUT2D eigenvalue weighted by atomic mass is 9.90. The molecular formula is C16H20N2O3. The first-order chi connectivity index (χ1) is 10.1. The minimum Gasteiger partial charge on any atom is -0.487 e. The van der Waals surface area contributed by atoms with Gasteiger partial charge in [-0.25, -0.2) is 0 Å². The molecule has 1 aromatic carbocycles. The smallest absolute Gasteiger partial charge is 0.174 e. The van der Waals surface area contributed by atoms with Gasteiger partial charge in [-0.15, -0.1) is 0 Å². The van der Waals surface area contributed by atoms with Crippen LogP contribution < -0.4 is 14.8 Å². The van der Waals surface area contributed by atoms with Crippen molar-refractivity contribution in [2.24, 2.45) is 0 Å². The number of nitrogens with zero attached hydrogens (tertiary/aromatic N) is 1. The first-order valence-corrected chi connectivity index (χ1v) is 7.10. The van der Waals surface area contributed by atoms with Crippen LogP contribution in [-0.4, -0.2) is 17.8 Å². The Morgan fingerprint density at radius 3 is 2.95 bits per heavy atom. The highest BCUT2D eigenvalue weighted by Crippen LogP contribution is 2.41. The number of rotatable bonds is 4. The standard InChI is InChI=1S/C16H20N2O3/c1-16(2)9-14(17-3)13-5-4-11(8-15(13)20-16)19-10-12-6-7-18-21-12/h4-8,14,17H,9-10H2,1-3H3. The first-order valence-electron chi connectivity index (χ1n) is 7.10. The second-order valence-corrected chi connectivity index (χ2v) is 5.87. The van der Waals surface area contributed by atoms with Crippen molar-refractivity contribution in [1.82, 2.24) is 10.5 Å². The van der Waals surface area contributed by atoms with Gasteiger partial charge in [-0.1, -0.05) is 11.2 Å². The molecule has 0 radical (unpaired) electrons. The zero-order valence-corrected chi connectivity index (χ0v) is 12.6. The van der Waals surface area contributed by atoms with Crippen LogP contribution in [-0.2, 0) is 6.61 Å². The molecule has 21 heavy (non-hydrogen) atoms. The van der Waals surface area contributed by atoms with Gasteiger partial charge in [0.25, 0.3) is 0 Å². The molecule has 0 bridgehead atoms. The summed E-state index contributed by atoms with van der Waals surface area (Å²) in [6.45, 7) is 4.56. The third kappa shape index (κ3) is 3.03. The van der Waals surface area contributed by atoms with E-state index in [-0.39, 0.29) is 5.60 Å². The average Bonchev–Trinajstić information content (AvgIpc) is 2.96. The third-order valence-corrected chi connectivity index (χ3v) is 3.66. The summed E-state index contributed by atoms with van der Waals surface area (Å²) in [5.74, 6) is 2.33. The molecule has 0 aliphatic carbocycles. The Morgan fingerprint density at radius 1 is 1.38 bits per heavy atom. The molecule has 2 aromatic rings. The molecule has 112 valence electrons. The van der Waals surface area contributed by atoms with Gasteiger partial charge in [0.05, 0.1) is 6.20 Å². The minimum absolute atomic E-state index is 0.190. The van der Waals surface area contributed by atoms with Crippen LogP contribution in [0.25, 0.3) is 0 Å². The maximum absolute atomic E-state index is 6.07. The van der Waals surface area contributed by atoms with Crippen LogP contribution >= 0.6 is 0 Å². The zero-order chi connectivity index (χ0) is 14.9. The molecule has 1 aromatic heterocycles. The molecule has 1 aliphatic rings. The molecule has 5 heteroatoms. The summed E-state index contributed by atoms with van der Waals surface area (Å²) in [4.78, 5) is 0. The zero-order valence-electron chi connectivity index (χ0n) is 12.6. The number of nitrogens with one attached hydrogen (secondary N) is 1. The van der Waals surface area contributed by atoms with Gasteiger partial charge in [-0.05, 0) is 27.0 Å². The Hall–Kier alpha value is -2.01. The first kappa shape index (κ1) is 13.9. The normalized spacial score (nSPS) is 19.7. The van der Waals surface area contributed by atoms with E-state index in [1.165, 1.54) is 5.56 Å². The summed E-state index contributed by atoms with van der Waals surface area (Å²) in [5.41, 5.74) is 0.980. The van der Waals surface area contributed by atoms with Crippen molar-refractivity contribution in [3.05, 3.63) is 41.8 Å². The van der Waals surface area contributed by atoms with Crippen LogP contribution in [0.4, 0.5) is 0 Å². The van der Waals surface area contributed by atoms with Crippen molar-refractivity contribution in [3.8, 4) is 11.5 Å². The fourth-order valence-corrected chi connectivity index (χ4v) is 2.65. The lowest BCUT2D eigenvalue weighted by Gasteiger charge is -2.37. The second kappa shape index (κ2) is 5.41. The lowest BCUT2D eigenvalue weighted by Crippen LogP contribution is -2.38. The van der Waals surface area contributed by atoms with Crippen molar-refractivity contribution in [2.75, 3.05) is 7.05 Å². The van der Waals surface area contributed by atoms with Crippen LogP contribution in [0.5, 0.6) is 11.5 Å². The third-order valence-electron chi connectivity index (χ3n) is 3.66. The molecule has 0 saturated heterocycles. The van der Waals surface area contributed by atoms with Gasteiger partial charge in [0.2, 0.25) is 0 Å². The highest BCUT2D eigenvalue weighted by Gasteiger charge is 2.33. The highest BCUT2D eigenvalue weighted by atomic mass is 16.5. The van der Waals surface area contributed by atoms with Gasteiger partial charge in [0, 0.05) is 30.2 Å². The maximum atomic E-state index is 6.07. The number of hydrogen-bond acceptors (Lipinski definition) is 5. The second-order valence-electron chi connectivity index (χ2n) is 5.87. The van der Waals surface area contributed by atoms with E-state index in [0.717, 1.165) is 17.9 Å². The molecule has 1 N–H and O–H groups in total. The molecule has 1 unspecified atom stereocenters. The summed E-state index contributed by atoms with van der Waals surface area (Å²) in [6.07, 6.45) is 2.55. The van der Waals surface area contributed by atoms with Crippen LogP contribution in [0.3, 0.4) is 0 Å². The van der Waals surface area contributed by atoms with Crippen LogP contribution in [0.1, 0.15) is 37.6 Å². The van der Waals surface area contributed by atoms with Crippen molar-refractivity contribution in [1.29, 1.82) is 0 Å². The SMILES string of the molecule is CNC1CC(C)(C)Oc2cc(OCc3ccno3)ccc21. The molecule has 0 saturated carbocycles. The van der Waals surface area contributed by atoms with Crippen LogP contribution in [0.15, 0.2) is 35.0 Å². The Morgan fingerprint density at radius 2 is 2.24 bits per heavy atom. The summed E-state index contributed by atoms with van der Waals surface area (Å²) < 4.78 is 16.8. The Bertz CT molecular complexity index is 608. The Labute approximate surface area is 124 Å². The number of fused-ring (bicyclic) bond motifs is 1. The van der Waals surface area contributed by atoms with E-state index >= 15 is 0 Å². The number of aromatic nitrogens is 1. The molecular weight excluding hydrogens is 268 g/mol. The molecule has 1 atom stereocenters. The van der Waals surface area contributed by atoms with Crippen molar-refractivity contribution >= 4 is 0 Å². The maximum Gasteiger partial charge on any atom is 0.174 e. The van der Waals surface area contributed by atoms with Gasteiger partial charge in [-0.2, -0.15) is 0 Å². The predicted octanol–water partition coefficient (Wildman–Crippen LogP) is 3.08. The molecule has 3 rings (SSSR count). The fraction of sp³-hybridized carbons (Fsp3) is 0.438. The van der Waals surface area contributed by atoms with E-state index < -0.39 is 0 Å². The van der Waals surface area contributed by atoms with Crippen LogP contribution in [0.2, 0.25) is 0 Å². The quantitative estimate of drug-likeness (QED) is 0.937. The molecule has 1 aliphatic heterocycles. The molecule has 0 fully saturated rings. The van der Waals surface area contributed by atoms with E-state index in [0.29, 0.717) is 18.4 Å². The predicted molar refractivity (Wildman–Crippen MR) is 78.4 cm³/mol. The fourth-order valence-electron chi connectivity index (χ4n) is 2.65. The van der Waals surface area contributed by atoms with E-state index in [1.807, 2.05) is 19.2 Å². The summed E-state index contributed by atoms with van der Waals surface area (Å²) in [5, 5.41) is 7.00. The van der Waals surface area contributed by atoms with Crippen molar-refractivity contribution < 1.29 is 14.0 Å². The Kier molecular flexibility index (Phi) is 3.59. The lowest BCUT2D eigenvalue weighted by molar-refractivity contribution is 0.0670. The highest BCUT2D eigenvalue weighted by molar-refractivity contribution is 5.44. The van der Waals surface area contributed by atoms with Gasteiger partial charge >= 0.3 is 0 Å². The summed E-state index contributed by atoms with van der Waals surface area (Å²) in [7, 11) is 1.98. The van der Waals surface area contributed by atoms with Gasteiger partial charge in [-0.3, -0.25) is 0 Å². The molecule has 0 spiro atoms. The number of hydrogen-bond donors (Lipinski definition) is 1. The largest absolute Gasteiger partial charge is 0.487 e. The number of benzene rings is 1. The topological polar surface area (TPSA) is 56.5 Å². The summed E-state index contributed by atoms with van der Waals surface area (Å²) >= 11 is 0.